The highest BCUT2D eigenvalue weighted by molar-refractivity contribution is 7.99. The lowest BCUT2D eigenvalue weighted by atomic mass is 10.1. The lowest BCUT2D eigenvalue weighted by Gasteiger charge is -2.13. The number of rotatable bonds is 2. The Morgan fingerprint density at radius 3 is 3.00 bits per heavy atom. The molecular formula is C10H9NO2S. The van der Waals surface area contributed by atoms with Crippen LogP contribution in [0, 0.1) is 10.1 Å². The van der Waals surface area contributed by atoms with Crippen LogP contribution in [-0.4, -0.2) is 17.2 Å². The summed E-state index contributed by atoms with van der Waals surface area (Å²) in [7, 11) is 0. The SMILES string of the molecule is O=[N+]([O-])CC1=CCSc2ccccc21. The number of hydrogen-bond donors (Lipinski definition) is 0. The van der Waals surface area contributed by atoms with E-state index in [0.29, 0.717) is 0 Å². The smallest absolute Gasteiger partial charge is 0.229 e. The first-order valence-electron chi connectivity index (χ1n) is 4.30. The molecule has 0 N–H and O–H groups in total. The van der Waals surface area contributed by atoms with E-state index in [-0.39, 0.29) is 11.5 Å². The molecule has 0 spiro atoms. The number of nitrogens with zero attached hydrogens (tertiary/aromatic N) is 1. The first kappa shape index (κ1) is 9.27. The summed E-state index contributed by atoms with van der Waals surface area (Å²) < 4.78 is 0. The highest BCUT2D eigenvalue weighted by atomic mass is 32.2. The molecule has 0 fully saturated rings. The average molecular weight is 207 g/mol. The van der Waals surface area contributed by atoms with E-state index in [1.54, 1.807) is 11.8 Å². The van der Waals surface area contributed by atoms with Gasteiger partial charge in [0.25, 0.3) is 0 Å². The summed E-state index contributed by atoms with van der Waals surface area (Å²) in [5, 5.41) is 10.4. The van der Waals surface area contributed by atoms with Crippen LogP contribution in [0.3, 0.4) is 0 Å². The first-order valence-corrected chi connectivity index (χ1v) is 5.29. The van der Waals surface area contributed by atoms with Crippen LogP contribution in [-0.2, 0) is 0 Å². The molecule has 0 amide bonds. The van der Waals surface area contributed by atoms with E-state index in [1.807, 2.05) is 30.3 Å². The Labute approximate surface area is 86.0 Å². The standard InChI is InChI=1S/C10H9NO2S/c12-11(13)7-8-5-6-14-10-4-2-1-3-9(8)10/h1-5H,6-7H2. The van der Waals surface area contributed by atoms with Crippen molar-refractivity contribution in [2.75, 3.05) is 12.3 Å². The molecule has 0 aliphatic carbocycles. The molecule has 3 nitrogen and oxygen atoms in total. The van der Waals surface area contributed by atoms with Gasteiger partial charge in [0.2, 0.25) is 6.54 Å². The third-order valence-electron chi connectivity index (χ3n) is 2.10. The normalized spacial score (nSPS) is 14.4. The molecule has 1 aromatic carbocycles. The largest absolute Gasteiger partial charge is 0.264 e. The second-order valence-electron chi connectivity index (χ2n) is 3.03. The van der Waals surface area contributed by atoms with Gasteiger partial charge in [-0.1, -0.05) is 24.3 Å². The predicted molar refractivity (Wildman–Crippen MR) is 57.0 cm³/mol. The van der Waals surface area contributed by atoms with E-state index in [9.17, 15) is 10.1 Å². The summed E-state index contributed by atoms with van der Waals surface area (Å²) in [6.07, 6.45) is 1.94. The maximum absolute atomic E-state index is 10.4. The number of hydrogen-bond acceptors (Lipinski definition) is 3. The summed E-state index contributed by atoms with van der Waals surface area (Å²) in [5.74, 6) is 0.834. The molecule has 72 valence electrons. The lowest BCUT2D eigenvalue weighted by molar-refractivity contribution is -0.465. The molecule has 1 heterocycles. The van der Waals surface area contributed by atoms with E-state index in [0.717, 1.165) is 21.8 Å². The van der Waals surface area contributed by atoms with Crippen LogP contribution in [0.2, 0.25) is 0 Å². The van der Waals surface area contributed by atoms with E-state index >= 15 is 0 Å². The molecule has 0 radical (unpaired) electrons. The molecule has 0 unspecified atom stereocenters. The van der Waals surface area contributed by atoms with Gasteiger partial charge in [0.05, 0.1) is 0 Å². The Morgan fingerprint density at radius 1 is 1.43 bits per heavy atom. The summed E-state index contributed by atoms with van der Waals surface area (Å²) in [6.45, 7) is -0.0719. The van der Waals surface area contributed by atoms with Gasteiger partial charge in [-0.05, 0) is 11.6 Å². The molecule has 1 aliphatic rings. The van der Waals surface area contributed by atoms with Crippen LogP contribution in [0.5, 0.6) is 0 Å². The highest BCUT2D eigenvalue weighted by Gasteiger charge is 2.15. The summed E-state index contributed by atoms with van der Waals surface area (Å²) in [6, 6.07) is 7.82. The third kappa shape index (κ3) is 1.80. The zero-order valence-electron chi connectivity index (χ0n) is 7.47. The van der Waals surface area contributed by atoms with Gasteiger partial charge < -0.3 is 0 Å². The Kier molecular flexibility index (Phi) is 2.54. The van der Waals surface area contributed by atoms with Crippen molar-refractivity contribution in [2.45, 2.75) is 4.90 Å². The van der Waals surface area contributed by atoms with Crippen molar-refractivity contribution in [3.8, 4) is 0 Å². The number of fused-ring (bicyclic) bond motifs is 1. The molecule has 0 atom stereocenters. The van der Waals surface area contributed by atoms with Crippen LogP contribution in [0.4, 0.5) is 0 Å². The number of benzene rings is 1. The fourth-order valence-electron chi connectivity index (χ4n) is 1.49. The summed E-state index contributed by atoms with van der Waals surface area (Å²) in [4.78, 5) is 11.3. The Hall–Kier alpha value is -1.29. The van der Waals surface area contributed by atoms with Crippen LogP contribution in [0.25, 0.3) is 5.57 Å². The Balaban J connectivity index is 2.35. The zero-order chi connectivity index (χ0) is 9.97. The van der Waals surface area contributed by atoms with Gasteiger partial charge in [-0.2, -0.15) is 0 Å². The first-order chi connectivity index (χ1) is 6.77. The van der Waals surface area contributed by atoms with Gasteiger partial charge in [-0.3, -0.25) is 10.1 Å². The lowest BCUT2D eigenvalue weighted by Crippen LogP contribution is -2.06. The summed E-state index contributed by atoms with van der Waals surface area (Å²) >= 11 is 1.72. The second kappa shape index (κ2) is 3.84. The van der Waals surface area contributed by atoms with Gasteiger partial charge >= 0.3 is 0 Å². The van der Waals surface area contributed by atoms with Gasteiger partial charge in [0, 0.05) is 21.1 Å². The van der Waals surface area contributed by atoms with Crippen molar-refractivity contribution < 1.29 is 4.92 Å². The molecular weight excluding hydrogens is 198 g/mol. The van der Waals surface area contributed by atoms with E-state index < -0.39 is 0 Å². The van der Waals surface area contributed by atoms with E-state index in [1.165, 1.54) is 0 Å². The van der Waals surface area contributed by atoms with Crippen molar-refractivity contribution in [3.63, 3.8) is 0 Å². The van der Waals surface area contributed by atoms with Crippen LogP contribution >= 0.6 is 11.8 Å². The summed E-state index contributed by atoms with van der Waals surface area (Å²) in [5.41, 5.74) is 1.85. The van der Waals surface area contributed by atoms with Crippen molar-refractivity contribution in [2.24, 2.45) is 0 Å². The van der Waals surface area contributed by atoms with Crippen LogP contribution < -0.4 is 0 Å². The maximum Gasteiger partial charge on any atom is 0.229 e. The van der Waals surface area contributed by atoms with Crippen molar-refractivity contribution in [1.82, 2.24) is 0 Å². The van der Waals surface area contributed by atoms with Crippen molar-refractivity contribution in [3.05, 3.63) is 46.0 Å². The molecule has 0 bridgehead atoms. The number of nitro groups is 1. The van der Waals surface area contributed by atoms with Gasteiger partial charge in [0.1, 0.15) is 0 Å². The minimum absolute atomic E-state index is 0.0719. The predicted octanol–water partition coefficient (Wildman–Crippen LogP) is 2.45. The second-order valence-corrected chi connectivity index (χ2v) is 4.09. The molecule has 1 aliphatic heterocycles. The maximum atomic E-state index is 10.4. The van der Waals surface area contributed by atoms with Crippen LogP contribution in [0.15, 0.2) is 35.2 Å². The molecule has 0 saturated carbocycles. The monoisotopic (exact) mass is 207 g/mol. The quantitative estimate of drug-likeness (QED) is 0.552. The minimum Gasteiger partial charge on any atom is -0.264 e. The fraction of sp³-hybridized carbons (Fsp3) is 0.200. The third-order valence-corrected chi connectivity index (χ3v) is 3.10. The van der Waals surface area contributed by atoms with E-state index in [4.69, 9.17) is 0 Å². The Morgan fingerprint density at radius 2 is 2.21 bits per heavy atom. The Bertz CT molecular complexity index is 401. The average Bonchev–Trinajstić information content (AvgIpc) is 2.18. The van der Waals surface area contributed by atoms with Gasteiger partial charge in [-0.25, -0.2) is 0 Å². The van der Waals surface area contributed by atoms with Crippen molar-refractivity contribution >= 4 is 17.3 Å². The molecule has 1 aromatic rings. The molecule has 0 aromatic heterocycles. The van der Waals surface area contributed by atoms with Crippen LogP contribution in [0.1, 0.15) is 5.56 Å². The van der Waals surface area contributed by atoms with E-state index in [2.05, 4.69) is 0 Å². The molecule has 0 saturated heterocycles. The number of thioether (sulfide) groups is 1. The zero-order valence-corrected chi connectivity index (χ0v) is 8.29. The van der Waals surface area contributed by atoms with Gasteiger partial charge in [0.15, 0.2) is 0 Å². The minimum atomic E-state index is -0.279. The molecule has 14 heavy (non-hydrogen) atoms. The highest BCUT2D eigenvalue weighted by Crippen LogP contribution is 2.32. The van der Waals surface area contributed by atoms with Crippen molar-refractivity contribution in [1.29, 1.82) is 0 Å². The van der Waals surface area contributed by atoms with Gasteiger partial charge in [-0.15, -0.1) is 11.8 Å². The topological polar surface area (TPSA) is 43.1 Å². The molecule has 4 heteroatoms. The molecule has 2 rings (SSSR count). The fourth-order valence-corrected chi connectivity index (χ4v) is 2.48.